The van der Waals surface area contributed by atoms with Crippen molar-refractivity contribution in [3.05, 3.63) is 58.6 Å². The van der Waals surface area contributed by atoms with Crippen molar-refractivity contribution in [2.24, 2.45) is 5.92 Å². The fraction of sp³-hybridized carbons (Fsp3) is 0.263. The summed E-state index contributed by atoms with van der Waals surface area (Å²) in [6.45, 7) is 1.93. The van der Waals surface area contributed by atoms with Crippen LogP contribution in [0.4, 0.5) is 24.5 Å². The number of halogens is 4. The summed E-state index contributed by atoms with van der Waals surface area (Å²) in [6.07, 6.45) is -4.45. The molecule has 2 aromatic carbocycles. The maximum atomic E-state index is 12.7. The third-order valence-electron chi connectivity index (χ3n) is 4.46. The Hall–Kier alpha value is -2.54. The summed E-state index contributed by atoms with van der Waals surface area (Å²) in [4.78, 5) is 26.1. The minimum Gasteiger partial charge on any atom is -0.325 e. The molecule has 142 valence electrons. The summed E-state index contributed by atoms with van der Waals surface area (Å²) < 4.78 is 38.0. The van der Waals surface area contributed by atoms with Crippen LogP contribution in [0.3, 0.4) is 0 Å². The van der Waals surface area contributed by atoms with E-state index < -0.39 is 17.7 Å². The Labute approximate surface area is 158 Å². The van der Waals surface area contributed by atoms with E-state index >= 15 is 0 Å². The molecule has 1 N–H and O–H groups in total. The lowest BCUT2D eigenvalue weighted by atomic mass is 10.1. The van der Waals surface area contributed by atoms with Gasteiger partial charge in [-0.1, -0.05) is 17.7 Å². The monoisotopic (exact) mass is 396 g/mol. The van der Waals surface area contributed by atoms with Crippen molar-refractivity contribution in [3.8, 4) is 0 Å². The predicted octanol–water partition coefficient (Wildman–Crippen LogP) is 4.66. The Kier molecular flexibility index (Phi) is 5.15. The van der Waals surface area contributed by atoms with Crippen molar-refractivity contribution >= 4 is 34.8 Å². The minimum atomic E-state index is -4.44. The number of aryl methyl sites for hydroxylation is 1. The van der Waals surface area contributed by atoms with Crippen LogP contribution in [0, 0.1) is 12.8 Å². The van der Waals surface area contributed by atoms with Crippen LogP contribution in [0.15, 0.2) is 42.5 Å². The molecule has 1 fully saturated rings. The number of anilines is 2. The average molecular weight is 397 g/mol. The summed E-state index contributed by atoms with van der Waals surface area (Å²) in [5, 5.41) is 3.24. The second-order valence-electron chi connectivity index (χ2n) is 6.40. The molecule has 1 heterocycles. The quantitative estimate of drug-likeness (QED) is 0.820. The Morgan fingerprint density at radius 1 is 1.19 bits per heavy atom. The topological polar surface area (TPSA) is 49.4 Å². The molecule has 27 heavy (non-hydrogen) atoms. The van der Waals surface area contributed by atoms with Gasteiger partial charge in [-0.2, -0.15) is 13.2 Å². The molecule has 0 aromatic heterocycles. The number of hydrogen-bond donors (Lipinski definition) is 1. The zero-order chi connectivity index (χ0) is 19.8. The highest BCUT2D eigenvalue weighted by Crippen LogP contribution is 2.32. The van der Waals surface area contributed by atoms with Crippen LogP contribution in [0.1, 0.15) is 17.5 Å². The van der Waals surface area contributed by atoms with Crippen LogP contribution in [0.2, 0.25) is 5.02 Å². The van der Waals surface area contributed by atoms with Crippen LogP contribution < -0.4 is 10.2 Å². The number of amides is 2. The van der Waals surface area contributed by atoms with E-state index in [1.165, 1.54) is 17.0 Å². The minimum absolute atomic E-state index is 0.00747. The van der Waals surface area contributed by atoms with Crippen molar-refractivity contribution < 1.29 is 22.8 Å². The largest absolute Gasteiger partial charge is 0.416 e. The van der Waals surface area contributed by atoms with Gasteiger partial charge in [0.1, 0.15) is 0 Å². The first kappa shape index (κ1) is 19.2. The van der Waals surface area contributed by atoms with Gasteiger partial charge in [0.05, 0.1) is 11.5 Å². The molecule has 2 amide bonds. The van der Waals surface area contributed by atoms with Crippen molar-refractivity contribution in [1.29, 1.82) is 0 Å². The number of benzene rings is 2. The van der Waals surface area contributed by atoms with Gasteiger partial charge in [0.15, 0.2) is 0 Å². The van der Waals surface area contributed by atoms with E-state index in [1.807, 2.05) is 6.92 Å². The van der Waals surface area contributed by atoms with Crippen molar-refractivity contribution in [2.75, 3.05) is 16.8 Å². The third kappa shape index (κ3) is 4.24. The molecule has 8 heteroatoms. The van der Waals surface area contributed by atoms with Crippen LogP contribution in [-0.2, 0) is 15.8 Å². The highest BCUT2D eigenvalue weighted by atomic mass is 35.5. The van der Waals surface area contributed by atoms with Crippen LogP contribution in [0.5, 0.6) is 0 Å². The van der Waals surface area contributed by atoms with Gasteiger partial charge >= 0.3 is 6.18 Å². The van der Waals surface area contributed by atoms with Crippen LogP contribution >= 0.6 is 11.6 Å². The predicted molar refractivity (Wildman–Crippen MR) is 96.7 cm³/mol. The van der Waals surface area contributed by atoms with Gasteiger partial charge in [0.25, 0.3) is 0 Å². The Morgan fingerprint density at radius 3 is 2.48 bits per heavy atom. The molecular weight excluding hydrogens is 381 g/mol. The molecule has 0 bridgehead atoms. The van der Waals surface area contributed by atoms with Gasteiger partial charge in [-0.3, -0.25) is 9.59 Å². The molecule has 0 saturated carbocycles. The van der Waals surface area contributed by atoms with Gasteiger partial charge in [-0.05, 0) is 48.9 Å². The molecule has 0 spiro atoms. The molecule has 1 unspecified atom stereocenters. The van der Waals surface area contributed by atoms with E-state index in [0.717, 1.165) is 17.7 Å². The average Bonchev–Trinajstić information content (AvgIpc) is 2.99. The smallest absolute Gasteiger partial charge is 0.325 e. The molecule has 2 aromatic rings. The highest BCUT2D eigenvalue weighted by molar-refractivity contribution is 6.31. The van der Waals surface area contributed by atoms with E-state index in [1.54, 1.807) is 18.2 Å². The van der Waals surface area contributed by atoms with Gasteiger partial charge in [0, 0.05) is 29.4 Å². The standard InChI is InChI=1S/C19H16ClF3N2O2/c1-11-2-5-14(20)9-16(11)24-18(27)12-8-17(26)25(10-12)15-6-3-13(4-7-15)19(21,22)23/h2-7,9,12H,8,10H2,1H3,(H,24,27). The summed E-state index contributed by atoms with van der Waals surface area (Å²) in [5.74, 6) is -1.24. The fourth-order valence-electron chi connectivity index (χ4n) is 2.93. The lowest BCUT2D eigenvalue weighted by molar-refractivity contribution is -0.137. The number of carbonyl (C=O) groups excluding carboxylic acids is 2. The first-order valence-corrected chi connectivity index (χ1v) is 8.57. The molecule has 1 aliphatic rings. The molecular formula is C19H16ClF3N2O2. The second kappa shape index (κ2) is 7.23. The number of nitrogens with one attached hydrogen (secondary N) is 1. The Bertz CT molecular complexity index is 882. The van der Waals surface area contributed by atoms with Gasteiger partial charge in [-0.25, -0.2) is 0 Å². The number of rotatable bonds is 3. The summed E-state index contributed by atoms with van der Waals surface area (Å²) >= 11 is 5.94. The summed E-state index contributed by atoms with van der Waals surface area (Å²) in [7, 11) is 0. The second-order valence-corrected chi connectivity index (χ2v) is 6.83. The fourth-order valence-corrected chi connectivity index (χ4v) is 3.10. The van der Waals surface area contributed by atoms with E-state index in [2.05, 4.69) is 5.32 Å². The zero-order valence-electron chi connectivity index (χ0n) is 14.3. The van der Waals surface area contributed by atoms with Crippen LogP contribution in [0.25, 0.3) is 0 Å². The van der Waals surface area contributed by atoms with Gasteiger partial charge in [-0.15, -0.1) is 0 Å². The number of alkyl halides is 3. The van der Waals surface area contributed by atoms with Crippen molar-refractivity contribution in [3.63, 3.8) is 0 Å². The molecule has 4 nitrogen and oxygen atoms in total. The molecule has 3 rings (SSSR count). The first-order chi connectivity index (χ1) is 12.6. The molecule has 0 radical (unpaired) electrons. The van der Waals surface area contributed by atoms with E-state index in [-0.39, 0.29) is 24.8 Å². The number of carbonyl (C=O) groups is 2. The van der Waals surface area contributed by atoms with E-state index in [9.17, 15) is 22.8 Å². The Morgan fingerprint density at radius 2 is 1.85 bits per heavy atom. The SMILES string of the molecule is Cc1ccc(Cl)cc1NC(=O)C1CC(=O)N(c2ccc(C(F)(F)F)cc2)C1. The molecule has 0 aliphatic carbocycles. The lowest BCUT2D eigenvalue weighted by Crippen LogP contribution is -2.28. The summed E-state index contributed by atoms with van der Waals surface area (Å²) in [6, 6.07) is 9.42. The third-order valence-corrected chi connectivity index (χ3v) is 4.69. The van der Waals surface area contributed by atoms with Gasteiger partial charge < -0.3 is 10.2 Å². The van der Waals surface area contributed by atoms with Crippen molar-refractivity contribution in [2.45, 2.75) is 19.5 Å². The Balaban J connectivity index is 1.71. The zero-order valence-corrected chi connectivity index (χ0v) is 15.1. The lowest BCUT2D eigenvalue weighted by Gasteiger charge is -2.18. The number of hydrogen-bond acceptors (Lipinski definition) is 2. The highest BCUT2D eigenvalue weighted by Gasteiger charge is 2.36. The summed E-state index contributed by atoms with van der Waals surface area (Å²) in [5.41, 5.74) is 0.940. The van der Waals surface area contributed by atoms with E-state index in [4.69, 9.17) is 11.6 Å². The van der Waals surface area contributed by atoms with E-state index in [0.29, 0.717) is 16.4 Å². The number of nitrogens with zero attached hydrogens (tertiary/aromatic N) is 1. The van der Waals surface area contributed by atoms with Crippen molar-refractivity contribution in [1.82, 2.24) is 0 Å². The normalized spacial score (nSPS) is 17.3. The maximum Gasteiger partial charge on any atom is 0.416 e. The van der Waals surface area contributed by atoms with Crippen LogP contribution in [-0.4, -0.2) is 18.4 Å². The van der Waals surface area contributed by atoms with Gasteiger partial charge in [0.2, 0.25) is 11.8 Å². The molecule has 1 saturated heterocycles. The molecule has 1 aliphatic heterocycles. The first-order valence-electron chi connectivity index (χ1n) is 8.20. The molecule has 1 atom stereocenters. The maximum absolute atomic E-state index is 12.7.